The second-order valence-electron chi connectivity index (χ2n) is 4.80. The molecule has 0 atom stereocenters. The minimum Gasteiger partial charge on any atom is -0.322 e. The number of hydrogen-bond donors (Lipinski definition) is 3. The first kappa shape index (κ1) is 17.3. The van der Waals surface area contributed by atoms with E-state index in [-0.39, 0.29) is 5.91 Å². The van der Waals surface area contributed by atoms with Crippen molar-refractivity contribution >= 4 is 39.1 Å². The number of aryl methyl sites for hydroxylation is 1. The molecule has 0 fully saturated rings. The van der Waals surface area contributed by atoms with Gasteiger partial charge in [-0.05, 0) is 48.9 Å². The van der Waals surface area contributed by atoms with Crippen LogP contribution in [0.2, 0.25) is 5.02 Å². The summed E-state index contributed by atoms with van der Waals surface area (Å²) in [5, 5.41) is 3.22. The fourth-order valence-corrected chi connectivity index (χ4v) is 2.59. The first-order valence-electron chi connectivity index (χ1n) is 6.69. The van der Waals surface area contributed by atoms with Crippen LogP contribution < -0.4 is 14.8 Å². The molecule has 0 aromatic heterocycles. The fourth-order valence-electron chi connectivity index (χ4n) is 1.87. The van der Waals surface area contributed by atoms with Crippen LogP contribution in [0.15, 0.2) is 42.5 Å². The van der Waals surface area contributed by atoms with Crippen molar-refractivity contribution in [3.63, 3.8) is 0 Å². The van der Waals surface area contributed by atoms with Gasteiger partial charge in [0.1, 0.15) is 0 Å². The first-order chi connectivity index (χ1) is 10.8. The summed E-state index contributed by atoms with van der Waals surface area (Å²) in [6.45, 7) is 1.82. The molecular weight excluding hydrogens is 338 g/mol. The van der Waals surface area contributed by atoms with Crippen LogP contribution in [0.1, 0.15) is 15.9 Å². The van der Waals surface area contributed by atoms with E-state index in [2.05, 4.69) is 14.8 Å². The van der Waals surface area contributed by atoms with Crippen LogP contribution in [0.3, 0.4) is 0 Å². The molecule has 0 spiro atoms. The number of rotatable bonds is 5. The normalized spacial score (nSPS) is 11.1. The summed E-state index contributed by atoms with van der Waals surface area (Å²) >= 11 is 5.91. The van der Waals surface area contributed by atoms with Crippen LogP contribution in [0, 0.1) is 6.92 Å². The molecular formula is C15H16ClN3O3S. The Balaban J connectivity index is 2.12. The van der Waals surface area contributed by atoms with Crippen molar-refractivity contribution in [3.8, 4) is 0 Å². The zero-order valence-corrected chi connectivity index (χ0v) is 14.1. The lowest BCUT2D eigenvalue weighted by Gasteiger charge is -2.10. The predicted molar refractivity (Wildman–Crippen MR) is 92.2 cm³/mol. The lowest BCUT2D eigenvalue weighted by molar-refractivity contribution is 0.102. The summed E-state index contributed by atoms with van der Waals surface area (Å²) in [4.78, 5) is 12.3. The fraction of sp³-hybridized carbons (Fsp3) is 0.133. The van der Waals surface area contributed by atoms with Crippen LogP contribution in [0.25, 0.3) is 0 Å². The number of nitrogens with one attached hydrogen (secondary N) is 3. The molecule has 2 aromatic rings. The summed E-state index contributed by atoms with van der Waals surface area (Å²) in [6, 6.07) is 11.4. The second-order valence-corrected chi connectivity index (χ2v) is 6.86. The second kappa shape index (κ2) is 6.99. The molecule has 0 aliphatic heterocycles. The quantitative estimate of drug-likeness (QED) is 0.772. The zero-order valence-electron chi connectivity index (χ0n) is 12.6. The molecule has 1 amide bonds. The highest BCUT2D eigenvalue weighted by atomic mass is 35.5. The Morgan fingerprint density at radius 2 is 1.65 bits per heavy atom. The van der Waals surface area contributed by atoms with Crippen molar-refractivity contribution in [1.82, 2.24) is 4.72 Å². The van der Waals surface area contributed by atoms with Crippen molar-refractivity contribution < 1.29 is 13.2 Å². The molecule has 0 aliphatic carbocycles. The van der Waals surface area contributed by atoms with Crippen molar-refractivity contribution in [2.75, 3.05) is 17.1 Å². The van der Waals surface area contributed by atoms with Gasteiger partial charge in [-0.1, -0.05) is 17.7 Å². The summed E-state index contributed by atoms with van der Waals surface area (Å²) < 4.78 is 27.2. The Labute approximate surface area is 140 Å². The van der Waals surface area contributed by atoms with E-state index in [4.69, 9.17) is 11.6 Å². The van der Waals surface area contributed by atoms with E-state index in [0.717, 1.165) is 5.56 Å². The SMILES string of the molecule is CNS(=O)(=O)Nc1ccc(NC(=O)c2cc(Cl)ccc2C)cc1. The largest absolute Gasteiger partial charge is 0.322 e. The number of carbonyl (C=O) groups is 1. The Hall–Kier alpha value is -2.09. The molecule has 0 aliphatic rings. The van der Waals surface area contributed by atoms with Gasteiger partial charge in [0, 0.05) is 29.0 Å². The molecule has 8 heteroatoms. The monoisotopic (exact) mass is 353 g/mol. The molecule has 23 heavy (non-hydrogen) atoms. The van der Waals surface area contributed by atoms with Crippen LogP contribution in [-0.4, -0.2) is 21.4 Å². The lowest BCUT2D eigenvalue weighted by atomic mass is 10.1. The lowest BCUT2D eigenvalue weighted by Crippen LogP contribution is -2.26. The van der Waals surface area contributed by atoms with Gasteiger partial charge in [-0.15, -0.1) is 0 Å². The minimum absolute atomic E-state index is 0.284. The van der Waals surface area contributed by atoms with Crippen LogP contribution in [0.4, 0.5) is 11.4 Å². The smallest absolute Gasteiger partial charge is 0.298 e. The van der Waals surface area contributed by atoms with E-state index >= 15 is 0 Å². The number of carbonyl (C=O) groups excluding carboxylic acids is 1. The molecule has 0 heterocycles. The molecule has 0 saturated heterocycles. The highest BCUT2D eigenvalue weighted by molar-refractivity contribution is 7.90. The number of halogens is 1. The summed E-state index contributed by atoms with van der Waals surface area (Å²) in [5.74, 6) is -0.284. The number of amides is 1. The highest BCUT2D eigenvalue weighted by Gasteiger charge is 2.11. The minimum atomic E-state index is -3.56. The van der Waals surface area contributed by atoms with Gasteiger partial charge >= 0.3 is 0 Å². The maximum absolute atomic E-state index is 12.3. The molecule has 0 saturated carbocycles. The summed E-state index contributed by atoms with van der Waals surface area (Å²) in [6.07, 6.45) is 0. The van der Waals surface area contributed by atoms with Crippen LogP contribution in [-0.2, 0) is 10.2 Å². The van der Waals surface area contributed by atoms with Gasteiger partial charge in [-0.3, -0.25) is 9.52 Å². The Bertz CT molecular complexity index is 820. The molecule has 2 aromatic carbocycles. The van der Waals surface area contributed by atoms with E-state index in [1.165, 1.54) is 7.05 Å². The predicted octanol–water partition coefficient (Wildman–Crippen LogP) is 2.78. The van der Waals surface area contributed by atoms with Crippen molar-refractivity contribution in [1.29, 1.82) is 0 Å². The third kappa shape index (κ3) is 4.69. The van der Waals surface area contributed by atoms with E-state index in [9.17, 15) is 13.2 Å². The maximum Gasteiger partial charge on any atom is 0.298 e. The van der Waals surface area contributed by atoms with Crippen LogP contribution >= 0.6 is 11.6 Å². The van der Waals surface area contributed by atoms with Crippen molar-refractivity contribution in [2.24, 2.45) is 0 Å². The third-order valence-electron chi connectivity index (χ3n) is 3.11. The Morgan fingerprint density at radius 3 is 2.26 bits per heavy atom. The van der Waals surface area contributed by atoms with Gasteiger partial charge in [-0.25, -0.2) is 4.72 Å². The highest BCUT2D eigenvalue weighted by Crippen LogP contribution is 2.19. The van der Waals surface area contributed by atoms with Crippen LogP contribution in [0.5, 0.6) is 0 Å². The van der Waals surface area contributed by atoms with E-state index in [1.54, 1.807) is 42.5 Å². The Kier molecular flexibility index (Phi) is 5.25. The number of anilines is 2. The molecule has 0 radical (unpaired) electrons. The standard InChI is InChI=1S/C15H16ClN3O3S/c1-10-3-4-11(16)9-14(10)15(20)18-12-5-7-13(8-6-12)19-23(21,22)17-2/h3-9,17,19H,1-2H3,(H,18,20). The van der Waals surface area contributed by atoms with Gasteiger partial charge in [-0.2, -0.15) is 8.42 Å². The Morgan fingerprint density at radius 1 is 1.04 bits per heavy atom. The number of hydrogen-bond acceptors (Lipinski definition) is 3. The molecule has 3 N–H and O–H groups in total. The summed E-state index contributed by atoms with van der Waals surface area (Å²) in [7, 11) is -2.25. The maximum atomic E-state index is 12.3. The van der Waals surface area contributed by atoms with Crippen molar-refractivity contribution in [3.05, 3.63) is 58.6 Å². The van der Waals surface area contributed by atoms with E-state index < -0.39 is 10.2 Å². The zero-order chi connectivity index (χ0) is 17.0. The van der Waals surface area contributed by atoms with Gasteiger partial charge in [0.25, 0.3) is 16.1 Å². The molecule has 122 valence electrons. The first-order valence-corrected chi connectivity index (χ1v) is 8.56. The summed E-state index contributed by atoms with van der Waals surface area (Å²) in [5.41, 5.74) is 2.22. The topological polar surface area (TPSA) is 87.3 Å². The third-order valence-corrected chi connectivity index (χ3v) is 4.38. The van der Waals surface area contributed by atoms with Gasteiger partial charge < -0.3 is 5.32 Å². The van der Waals surface area contributed by atoms with Gasteiger partial charge in [0.05, 0.1) is 0 Å². The molecule has 0 bridgehead atoms. The molecule has 0 unspecified atom stereocenters. The van der Waals surface area contributed by atoms with Gasteiger partial charge in [0.2, 0.25) is 0 Å². The molecule has 2 rings (SSSR count). The average molecular weight is 354 g/mol. The van der Waals surface area contributed by atoms with Crippen molar-refractivity contribution in [2.45, 2.75) is 6.92 Å². The molecule has 6 nitrogen and oxygen atoms in total. The van der Waals surface area contributed by atoms with Gasteiger partial charge in [0.15, 0.2) is 0 Å². The van der Waals surface area contributed by atoms with E-state index in [0.29, 0.717) is 22.0 Å². The average Bonchev–Trinajstić information content (AvgIpc) is 2.51. The number of benzene rings is 2. The van der Waals surface area contributed by atoms with E-state index in [1.807, 2.05) is 6.92 Å².